The Hall–Kier alpha value is -1.30. The molecule has 1 N–H and O–H groups in total. The molecule has 0 radical (unpaired) electrons. The largest absolute Gasteiger partial charge is 0.480 e. The molecule has 0 spiro atoms. The fourth-order valence-corrected chi connectivity index (χ4v) is 3.82. The van der Waals surface area contributed by atoms with Crippen LogP contribution < -0.4 is 0 Å². The molecular weight excluding hydrogens is 242 g/mol. The zero-order valence-electron chi connectivity index (χ0n) is 9.76. The molecule has 0 bridgehead atoms. The minimum Gasteiger partial charge on any atom is -0.480 e. The molecule has 2 aliphatic heterocycles. The summed E-state index contributed by atoms with van der Waals surface area (Å²) in [5.74, 6) is -1.53. The second-order valence-corrected chi connectivity index (χ2v) is 6.47. The molecule has 6 heteroatoms. The standard InChI is InChI=1S/C11H13NO4S/c1-5(13)4-6-8(14)12-7(10(15)16)11(2,3)17-9(6)12/h4,7,9H,1-3H3,(H,15,16)/b6-4+. The van der Waals surface area contributed by atoms with Crippen LogP contribution in [0.25, 0.3) is 0 Å². The van der Waals surface area contributed by atoms with Gasteiger partial charge in [0.25, 0.3) is 5.91 Å². The number of amides is 1. The van der Waals surface area contributed by atoms with E-state index in [1.807, 2.05) is 0 Å². The van der Waals surface area contributed by atoms with E-state index in [1.165, 1.54) is 29.7 Å². The number of ketones is 1. The number of aliphatic carboxylic acids is 1. The summed E-state index contributed by atoms with van der Waals surface area (Å²) in [4.78, 5) is 35.3. The highest BCUT2D eigenvalue weighted by Gasteiger charge is 2.61. The summed E-state index contributed by atoms with van der Waals surface area (Å²) < 4.78 is -0.543. The third-order valence-electron chi connectivity index (χ3n) is 2.94. The number of thioether (sulfide) groups is 1. The fourth-order valence-electron chi connectivity index (χ4n) is 2.27. The summed E-state index contributed by atoms with van der Waals surface area (Å²) in [5, 5.41) is 8.87. The van der Waals surface area contributed by atoms with Crippen molar-refractivity contribution in [2.45, 2.75) is 36.9 Å². The number of carboxylic acids is 1. The molecule has 2 fully saturated rings. The van der Waals surface area contributed by atoms with Crippen LogP contribution in [0.15, 0.2) is 11.6 Å². The van der Waals surface area contributed by atoms with Gasteiger partial charge in [0.15, 0.2) is 5.78 Å². The van der Waals surface area contributed by atoms with Crippen LogP contribution in [0.4, 0.5) is 0 Å². The Kier molecular flexibility index (Phi) is 2.57. The van der Waals surface area contributed by atoms with E-state index in [2.05, 4.69) is 0 Å². The van der Waals surface area contributed by atoms with Gasteiger partial charge in [-0.1, -0.05) is 0 Å². The van der Waals surface area contributed by atoms with Crippen molar-refractivity contribution in [3.05, 3.63) is 11.6 Å². The Bertz CT molecular complexity index is 454. The van der Waals surface area contributed by atoms with Crippen LogP contribution in [0.5, 0.6) is 0 Å². The summed E-state index contributed by atoms with van der Waals surface area (Å²) in [7, 11) is 0. The van der Waals surface area contributed by atoms with Crippen molar-refractivity contribution in [3.63, 3.8) is 0 Å². The third kappa shape index (κ3) is 1.67. The van der Waals surface area contributed by atoms with E-state index >= 15 is 0 Å². The molecule has 17 heavy (non-hydrogen) atoms. The predicted octanol–water partition coefficient (Wildman–Crippen LogP) is 0.649. The highest BCUT2D eigenvalue weighted by molar-refractivity contribution is 8.01. The maximum atomic E-state index is 11.8. The first-order valence-corrected chi connectivity index (χ1v) is 6.09. The van der Waals surface area contributed by atoms with Crippen molar-refractivity contribution in [1.29, 1.82) is 0 Å². The van der Waals surface area contributed by atoms with Crippen LogP contribution in [0.2, 0.25) is 0 Å². The van der Waals surface area contributed by atoms with Gasteiger partial charge in [-0.05, 0) is 26.8 Å². The molecule has 2 unspecified atom stereocenters. The lowest BCUT2D eigenvalue weighted by molar-refractivity contribution is -0.152. The van der Waals surface area contributed by atoms with Crippen LogP contribution in [-0.2, 0) is 14.4 Å². The van der Waals surface area contributed by atoms with Gasteiger partial charge < -0.3 is 10.0 Å². The third-order valence-corrected chi connectivity index (χ3v) is 4.48. The topological polar surface area (TPSA) is 74.7 Å². The lowest BCUT2D eigenvalue weighted by Gasteiger charge is -2.38. The molecule has 0 aromatic rings. The van der Waals surface area contributed by atoms with E-state index in [-0.39, 0.29) is 17.1 Å². The van der Waals surface area contributed by atoms with E-state index in [1.54, 1.807) is 13.8 Å². The number of nitrogens with zero attached hydrogens (tertiary/aromatic N) is 1. The molecular formula is C11H13NO4S. The van der Waals surface area contributed by atoms with Gasteiger partial charge in [-0.2, -0.15) is 0 Å². The summed E-state index contributed by atoms with van der Waals surface area (Å²) >= 11 is 1.41. The average molecular weight is 255 g/mol. The van der Waals surface area contributed by atoms with E-state index in [0.29, 0.717) is 5.57 Å². The molecule has 2 saturated heterocycles. The molecule has 2 heterocycles. The van der Waals surface area contributed by atoms with Gasteiger partial charge >= 0.3 is 5.97 Å². The Morgan fingerprint density at radius 3 is 2.53 bits per heavy atom. The highest BCUT2D eigenvalue weighted by Crippen LogP contribution is 2.52. The second kappa shape index (κ2) is 3.60. The number of hydrogen-bond acceptors (Lipinski definition) is 4. The lowest BCUT2D eigenvalue weighted by Crippen LogP contribution is -2.58. The summed E-state index contributed by atoms with van der Waals surface area (Å²) in [6, 6.07) is -0.825. The Balaban J connectivity index is 2.34. The number of β-lactam (4-membered cyclic amide) rings is 1. The first-order chi connectivity index (χ1) is 7.75. The SMILES string of the molecule is CC(=O)/C=C1\C(=O)N2C1SC(C)(C)C2C(=O)O. The smallest absolute Gasteiger partial charge is 0.327 e. The molecule has 2 rings (SSSR count). The van der Waals surface area contributed by atoms with E-state index in [9.17, 15) is 14.4 Å². The number of carbonyl (C=O) groups excluding carboxylic acids is 2. The van der Waals surface area contributed by atoms with Crippen molar-refractivity contribution in [3.8, 4) is 0 Å². The molecule has 5 nitrogen and oxygen atoms in total. The normalized spacial score (nSPS) is 32.3. The average Bonchev–Trinajstić information content (AvgIpc) is 2.43. The van der Waals surface area contributed by atoms with Crippen molar-refractivity contribution in [2.75, 3.05) is 0 Å². The summed E-state index contributed by atoms with van der Waals surface area (Å²) in [5.41, 5.74) is 0.416. The van der Waals surface area contributed by atoms with Crippen molar-refractivity contribution in [2.24, 2.45) is 0 Å². The Labute approximate surface area is 103 Å². The minimum atomic E-state index is -1.000. The molecule has 2 atom stereocenters. The Morgan fingerprint density at radius 2 is 2.06 bits per heavy atom. The van der Waals surface area contributed by atoms with Crippen molar-refractivity contribution < 1.29 is 19.5 Å². The molecule has 0 saturated carbocycles. The number of allylic oxidation sites excluding steroid dienone is 1. The number of hydrogen-bond donors (Lipinski definition) is 1. The Morgan fingerprint density at radius 1 is 1.47 bits per heavy atom. The van der Waals surface area contributed by atoms with E-state index in [0.717, 1.165) is 0 Å². The molecule has 2 aliphatic rings. The zero-order chi connectivity index (χ0) is 13.0. The van der Waals surface area contributed by atoms with Gasteiger partial charge in [-0.3, -0.25) is 9.59 Å². The lowest BCUT2D eigenvalue weighted by atomic mass is 9.95. The minimum absolute atomic E-state index is 0.190. The van der Waals surface area contributed by atoms with E-state index in [4.69, 9.17) is 5.11 Å². The van der Waals surface area contributed by atoms with Crippen LogP contribution in [0.3, 0.4) is 0 Å². The quantitative estimate of drug-likeness (QED) is 0.579. The second-order valence-electron chi connectivity index (χ2n) is 4.74. The summed E-state index contributed by atoms with van der Waals surface area (Å²) in [6.45, 7) is 4.98. The van der Waals surface area contributed by atoms with E-state index < -0.39 is 16.8 Å². The fraction of sp³-hybridized carbons (Fsp3) is 0.545. The van der Waals surface area contributed by atoms with Gasteiger partial charge in [0.2, 0.25) is 0 Å². The maximum Gasteiger partial charge on any atom is 0.327 e. The summed E-state index contributed by atoms with van der Waals surface area (Å²) in [6.07, 6.45) is 1.30. The van der Waals surface area contributed by atoms with Gasteiger partial charge in [-0.15, -0.1) is 11.8 Å². The number of rotatable bonds is 2. The molecule has 1 amide bonds. The molecule has 0 aliphatic carbocycles. The van der Waals surface area contributed by atoms with Gasteiger partial charge in [-0.25, -0.2) is 4.79 Å². The molecule has 92 valence electrons. The van der Waals surface area contributed by atoms with Crippen molar-refractivity contribution >= 4 is 29.4 Å². The number of fused-ring (bicyclic) bond motifs is 1. The first kappa shape index (κ1) is 12.2. The number of carboxylic acid groups (broad SMARTS) is 1. The highest BCUT2D eigenvalue weighted by atomic mass is 32.2. The van der Waals surface area contributed by atoms with Gasteiger partial charge in [0.05, 0.1) is 5.57 Å². The molecule has 0 aromatic heterocycles. The predicted molar refractivity (Wildman–Crippen MR) is 62.5 cm³/mol. The van der Waals surface area contributed by atoms with Crippen molar-refractivity contribution in [1.82, 2.24) is 4.90 Å². The first-order valence-electron chi connectivity index (χ1n) is 5.21. The van der Waals surface area contributed by atoms with Gasteiger partial charge in [0, 0.05) is 4.75 Å². The van der Waals surface area contributed by atoms with Crippen LogP contribution in [-0.4, -0.2) is 43.8 Å². The van der Waals surface area contributed by atoms with Crippen LogP contribution in [0.1, 0.15) is 20.8 Å². The monoisotopic (exact) mass is 255 g/mol. The molecule has 0 aromatic carbocycles. The van der Waals surface area contributed by atoms with Crippen LogP contribution >= 0.6 is 11.8 Å². The zero-order valence-corrected chi connectivity index (χ0v) is 10.6. The van der Waals surface area contributed by atoms with Gasteiger partial charge in [0.1, 0.15) is 11.4 Å². The maximum absolute atomic E-state index is 11.8. The number of carbonyl (C=O) groups is 3. The van der Waals surface area contributed by atoms with Crippen LogP contribution in [0, 0.1) is 0 Å².